The van der Waals surface area contributed by atoms with Crippen molar-refractivity contribution in [3.8, 4) is 0 Å². The lowest BCUT2D eigenvalue weighted by atomic mass is 10.0. The van der Waals surface area contributed by atoms with E-state index >= 15 is 0 Å². The molecule has 0 radical (unpaired) electrons. The monoisotopic (exact) mass is 462 g/mol. The summed E-state index contributed by atoms with van der Waals surface area (Å²) in [6.45, 7) is 0.974. The van der Waals surface area contributed by atoms with E-state index in [1.54, 1.807) is 0 Å². The lowest BCUT2D eigenvalue weighted by Gasteiger charge is -2.22. The average Bonchev–Trinajstić information content (AvgIpc) is 2.87. The van der Waals surface area contributed by atoms with E-state index in [0.717, 1.165) is 4.90 Å². The molecule has 4 nitrogen and oxygen atoms in total. The molecule has 172 valence electrons. The Morgan fingerprint density at radius 1 is 1.06 bits per heavy atom. The van der Waals surface area contributed by atoms with Crippen LogP contribution in [0.5, 0.6) is 0 Å². The third kappa shape index (κ3) is 4.81. The third-order valence-electron chi connectivity index (χ3n) is 4.94. The van der Waals surface area contributed by atoms with Crippen molar-refractivity contribution < 1.29 is 40.6 Å². The standard InChI is InChI=1S/C21H17F7N2O2/c1-11-4-5-16-17(18(11)22)15(3-2-6-30(16)19(31)32)29-10-12-7-13(20(23,24)25)9-14(8-12)21(26,27)28/h3-5,7-9,29H,2,6,10H2,1H3,(H,31,32). The second kappa shape index (κ2) is 8.36. The number of nitrogens with one attached hydrogen (secondary N) is 1. The molecule has 1 heterocycles. The van der Waals surface area contributed by atoms with Crippen LogP contribution in [0.15, 0.2) is 36.4 Å². The first-order valence-electron chi connectivity index (χ1n) is 9.31. The summed E-state index contributed by atoms with van der Waals surface area (Å²) in [6.07, 6.45) is -9.69. The van der Waals surface area contributed by atoms with Gasteiger partial charge in [-0.2, -0.15) is 26.3 Å². The normalized spacial score (nSPS) is 14.5. The number of hydrogen-bond donors (Lipinski definition) is 2. The molecular weight excluding hydrogens is 445 g/mol. The minimum Gasteiger partial charge on any atom is -0.465 e. The Morgan fingerprint density at radius 3 is 2.19 bits per heavy atom. The van der Waals surface area contributed by atoms with E-state index in [-0.39, 0.29) is 47.1 Å². The number of carbonyl (C=O) groups is 1. The minimum absolute atomic E-state index is 0.00219. The van der Waals surface area contributed by atoms with Crippen molar-refractivity contribution in [3.05, 3.63) is 70.0 Å². The van der Waals surface area contributed by atoms with Crippen molar-refractivity contribution in [2.24, 2.45) is 0 Å². The zero-order valence-corrected chi connectivity index (χ0v) is 16.5. The van der Waals surface area contributed by atoms with Gasteiger partial charge in [0, 0.05) is 18.8 Å². The number of aryl methyl sites for hydroxylation is 1. The molecule has 0 aromatic heterocycles. The van der Waals surface area contributed by atoms with Crippen molar-refractivity contribution in [1.82, 2.24) is 5.32 Å². The van der Waals surface area contributed by atoms with Crippen LogP contribution < -0.4 is 10.2 Å². The van der Waals surface area contributed by atoms with E-state index in [2.05, 4.69) is 5.32 Å². The summed E-state index contributed by atoms with van der Waals surface area (Å²) in [5.41, 5.74) is -3.05. The number of alkyl halides is 6. The summed E-state index contributed by atoms with van der Waals surface area (Å²) in [7, 11) is 0. The van der Waals surface area contributed by atoms with Gasteiger partial charge in [-0.25, -0.2) is 9.18 Å². The summed E-state index contributed by atoms with van der Waals surface area (Å²) in [5, 5.41) is 12.1. The molecule has 1 aliphatic heterocycles. The van der Waals surface area contributed by atoms with Gasteiger partial charge in [0.25, 0.3) is 0 Å². The smallest absolute Gasteiger partial charge is 0.416 e. The highest BCUT2D eigenvalue weighted by Gasteiger charge is 2.37. The SMILES string of the molecule is Cc1ccc2c(c1F)C(NCc1cc(C(F)(F)F)cc(C(F)(F)F)c1)=CCCN2C(=O)O. The maximum absolute atomic E-state index is 14.9. The van der Waals surface area contributed by atoms with Gasteiger partial charge >= 0.3 is 18.4 Å². The zero-order valence-electron chi connectivity index (χ0n) is 16.5. The van der Waals surface area contributed by atoms with Crippen LogP contribution >= 0.6 is 0 Å². The second-order valence-corrected chi connectivity index (χ2v) is 7.20. The molecular formula is C21H17F7N2O2. The summed E-state index contributed by atoms with van der Waals surface area (Å²) < 4.78 is 93.4. The van der Waals surface area contributed by atoms with E-state index in [0.29, 0.717) is 12.1 Å². The first kappa shape index (κ1) is 23.4. The highest BCUT2D eigenvalue weighted by molar-refractivity contribution is 5.92. The van der Waals surface area contributed by atoms with Crippen LogP contribution in [-0.4, -0.2) is 17.7 Å². The molecule has 32 heavy (non-hydrogen) atoms. The van der Waals surface area contributed by atoms with Gasteiger partial charge in [0.15, 0.2) is 0 Å². The van der Waals surface area contributed by atoms with Gasteiger partial charge in [-0.05, 0) is 48.7 Å². The van der Waals surface area contributed by atoms with Gasteiger partial charge in [-0.3, -0.25) is 4.90 Å². The molecule has 0 aliphatic carbocycles. The van der Waals surface area contributed by atoms with Gasteiger partial charge in [0.2, 0.25) is 0 Å². The van der Waals surface area contributed by atoms with Gasteiger partial charge < -0.3 is 10.4 Å². The summed E-state index contributed by atoms with van der Waals surface area (Å²) >= 11 is 0. The maximum Gasteiger partial charge on any atom is 0.416 e. The van der Waals surface area contributed by atoms with Gasteiger partial charge in [-0.15, -0.1) is 0 Å². The lowest BCUT2D eigenvalue weighted by molar-refractivity contribution is -0.143. The summed E-state index contributed by atoms with van der Waals surface area (Å²) in [5.74, 6) is -0.741. The fourth-order valence-corrected chi connectivity index (χ4v) is 3.39. The van der Waals surface area contributed by atoms with E-state index < -0.39 is 41.9 Å². The van der Waals surface area contributed by atoms with Gasteiger partial charge in [-0.1, -0.05) is 12.1 Å². The molecule has 0 unspecified atom stereocenters. The van der Waals surface area contributed by atoms with Crippen molar-refractivity contribution in [3.63, 3.8) is 0 Å². The number of benzene rings is 2. The molecule has 0 fully saturated rings. The number of rotatable bonds is 3. The Hall–Kier alpha value is -3.24. The average molecular weight is 462 g/mol. The number of hydrogen-bond acceptors (Lipinski definition) is 2. The molecule has 3 rings (SSSR count). The molecule has 2 aromatic carbocycles. The first-order valence-corrected chi connectivity index (χ1v) is 9.31. The second-order valence-electron chi connectivity index (χ2n) is 7.20. The Bertz CT molecular complexity index is 1040. The molecule has 11 heteroatoms. The molecule has 0 saturated carbocycles. The topological polar surface area (TPSA) is 52.6 Å². The predicted octanol–water partition coefficient (Wildman–Crippen LogP) is 6.19. The lowest BCUT2D eigenvalue weighted by Crippen LogP contribution is -2.30. The van der Waals surface area contributed by atoms with E-state index in [4.69, 9.17) is 0 Å². The molecule has 2 N–H and O–H groups in total. The molecule has 0 saturated heterocycles. The largest absolute Gasteiger partial charge is 0.465 e. The first-order chi connectivity index (χ1) is 14.8. The van der Waals surface area contributed by atoms with Crippen LogP contribution in [0.2, 0.25) is 0 Å². The molecule has 2 aromatic rings. The third-order valence-corrected chi connectivity index (χ3v) is 4.94. The van der Waals surface area contributed by atoms with E-state index in [1.807, 2.05) is 0 Å². The number of nitrogens with zero attached hydrogens (tertiary/aromatic N) is 1. The fraction of sp³-hybridized carbons (Fsp3) is 0.286. The van der Waals surface area contributed by atoms with Crippen molar-refractivity contribution in [2.75, 3.05) is 11.4 Å². The van der Waals surface area contributed by atoms with Crippen LogP contribution in [0.4, 0.5) is 41.2 Å². The van der Waals surface area contributed by atoms with Crippen molar-refractivity contribution in [2.45, 2.75) is 32.2 Å². The van der Waals surface area contributed by atoms with Gasteiger partial charge in [0.05, 0.1) is 22.4 Å². The predicted molar refractivity (Wildman–Crippen MR) is 102 cm³/mol. The summed E-state index contributed by atoms with van der Waals surface area (Å²) in [4.78, 5) is 12.5. The number of fused-ring (bicyclic) bond motifs is 1. The zero-order chi connectivity index (χ0) is 23.8. The number of carboxylic acid groups (broad SMARTS) is 1. The van der Waals surface area contributed by atoms with Crippen molar-refractivity contribution in [1.29, 1.82) is 0 Å². The Kier molecular flexibility index (Phi) is 6.12. The van der Waals surface area contributed by atoms with E-state index in [9.17, 15) is 40.6 Å². The number of amides is 1. The number of halogens is 7. The van der Waals surface area contributed by atoms with Crippen LogP contribution in [0, 0.1) is 12.7 Å². The van der Waals surface area contributed by atoms with Crippen LogP contribution in [0.25, 0.3) is 5.70 Å². The van der Waals surface area contributed by atoms with Crippen LogP contribution in [0.3, 0.4) is 0 Å². The number of anilines is 1. The quantitative estimate of drug-likeness (QED) is 0.535. The molecule has 1 amide bonds. The maximum atomic E-state index is 14.9. The fourth-order valence-electron chi connectivity index (χ4n) is 3.39. The molecule has 0 atom stereocenters. The van der Waals surface area contributed by atoms with E-state index in [1.165, 1.54) is 25.1 Å². The van der Waals surface area contributed by atoms with Gasteiger partial charge in [0.1, 0.15) is 5.82 Å². The molecule has 1 aliphatic rings. The molecule has 0 bridgehead atoms. The van der Waals surface area contributed by atoms with Crippen molar-refractivity contribution >= 4 is 17.5 Å². The Morgan fingerprint density at radius 2 is 1.66 bits per heavy atom. The minimum atomic E-state index is -4.99. The Balaban J connectivity index is 2.00. The molecule has 0 spiro atoms. The highest BCUT2D eigenvalue weighted by atomic mass is 19.4. The van der Waals surface area contributed by atoms with Crippen LogP contribution in [-0.2, 0) is 18.9 Å². The van der Waals surface area contributed by atoms with Crippen LogP contribution in [0.1, 0.15) is 34.2 Å². The Labute approximate surface area is 178 Å². The summed E-state index contributed by atoms with van der Waals surface area (Å²) in [6, 6.07) is 3.97. The highest BCUT2D eigenvalue weighted by Crippen LogP contribution is 2.37.